The Labute approximate surface area is 232 Å². The summed E-state index contributed by atoms with van der Waals surface area (Å²) in [6.07, 6.45) is 3.88. The molecular formula is C24H22Cl2INO4S2. The van der Waals surface area contributed by atoms with Crippen molar-refractivity contribution in [3.8, 4) is 11.5 Å². The molecule has 2 aliphatic heterocycles. The highest BCUT2D eigenvalue weighted by molar-refractivity contribution is 14.1. The quantitative estimate of drug-likeness (QED) is 0.175. The summed E-state index contributed by atoms with van der Waals surface area (Å²) in [6, 6.07) is 9.23. The van der Waals surface area contributed by atoms with Gasteiger partial charge in [0.25, 0.3) is 5.91 Å². The highest BCUT2D eigenvalue weighted by atomic mass is 127. The van der Waals surface area contributed by atoms with Gasteiger partial charge in [0.05, 0.1) is 37.8 Å². The Balaban J connectivity index is 1.53. The molecule has 1 atom stereocenters. The van der Waals surface area contributed by atoms with Crippen LogP contribution in [0.5, 0.6) is 11.5 Å². The minimum absolute atomic E-state index is 0.0549. The number of hydrogen-bond donors (Lipinski definition) is 0. The minimum Gasteiger partial charge on any atom is -0.490 e. The van der Waals surface area contributed by atoms with Crippen LogP contribution in [0.25, 0.3) is 6.08 Å². The van der Waals surface area contributed by atoms with Crippen LogP contribution in [-0.2, 0) is 16.1 Å². The monoisotopic (exact) mass is 649 g/mol. The highest BCUT2D eigenvalue weighted by Gasteiger charge is 2.34. The van der Waals surface area contributed by atoms with Gasteiger partial charge >= 0.3 is 0 Å². The summed E-state index contributed by atoms with van der Waals surface area (Å²) in [5.74, 6) is 1.16. The third-order valence-electron chi connectivity index (χ3n) is 5.28. The van der Waals surface area contributed by atoms with Crippen molar-refractivity contribution >= 4 is 86.1 Å². The van der Waals surface area contributed by atoms with E-state index in [4.69, 9.17) is 49.6 Å². The molecule has 2 aliphatic rings. The van der Waals surface area contributed by atoms with Crippen molar-refractivity contribution in [2.75, 3.05) is 19.8 Å². The summed E-state index contributed by atoms with van der Waals surface area (Å²) >= 11 is 21.1. The Kier molecular flexibility index (Phi) is 9.03. The molecule has 0 aromatic heterocycles. The molecule has 5 nitrogen and oxygen atoms in total. The van der Waals surface area contributed by atoms with Gasteiger partial charge in [0.15, 0.2) is 11.5 Å². The maximum atomic E-state index is 13.0. The number of hydrogen-bond acceptors (Lipinski definition) is 6. The van der Waals surface area contributed by atoms with E-state index in [1.807, 2.05) is 31.2 Å². The number of thioether (sulfide) groups is 1. The summed E-state index contributed by atoms with van der Waals surface area (Å²) in [5, 5.41) is 0.982. The fourth-order valence-corrected chi connectivity index (χ4v) is 6.04. The number of benzene rings is 2. The second-order valence-electron chi connectivity index (χ2n) is 7.73. The van der Waals surface area contributed by atoms with Crippen molar-refractivity contribution < 1.29 is 19.0 Å². The van der Waals surface area contributed by atoms with Crippen molar-refractivity contribution in [1.29, 1.82) is 0 Å². The number of amides is 1. The van der Waals surface area contributed by atoms with Crippen LogP contribution in [0.2, 0.25) is 10.0 Å². The zero-order valence-electron chi connectivity index (χ0n) is 18.3. The van der Waals surface area contributed by atoms with E-state index >= 15 is 0 Å². The molecule has 2 heterocycles. The fraction of sp³-hybridized carbons (Fsp3) is 0.333. The van der Waals surface area contributed by atoms with Crippen molar-refractivity contribution in [1.82, 2.24) is 4.90 Å². The van der Waals surface area contributed by atoms with Gasteiger partial charge in [-0.3, -0.25) is 9.69 Å². The average molecular weight is 650 g/mol. The molecule has 2 saturated heterocycles. The Morgan fingerprint density at radius 1 is 1.26 bits per heavy atom. The van der Waals surface area contributed by atoms with Gasteiger partial charge in [-0.25, -0.2) is 0 Å². The minimum atomic E-state index is -0.0848. The van der Waals surface area contributed by atoms with E-state index in [1.54, 1.807) is 17.0 Å². The molecule has 180 valence electrons. The van der Waals surface area contributed by atoms with Crippen molar-refractivity contribution in [3.63, 3.8) is 0 Å². The van der Waals surface area contributed by atoms with Crippen LogP contribution in [0.15, 0.2) is 35.2 Å². The predicted molar refractivity (Wildman–Crippen MR) is 150 cm³/mol. The van der Waals surface area contributed by atoms with Gasteiger partial charge in [-0.05, 0) is 83.8 Å². The van der Waals surface area contributed by atoms with Crippen LogP contribution in [0.3, 0.4) is 0 Å². The molecule has 0 unspecified atom stereocenters. The lowest BCUT2D eigenvalue weighted by Crippen LogP contribution is -2.35. The predicted octanol–water partition coefficient (Wildman–Crippen LogP) is 6.96. The molecule has 2 aromatic rings. The molecular weight excluding hydrogens is 628 g/mol. The molecule has 0 radical (unpaired) electrons. The van der Waals surface area contributed by atoms with E-state index in [1.165, 1.54) is 11.8 Å². The van der Waals surface area contributed by atoms with Crippen molar-refractivity contribution in [2.24, 2.45) is 0 Å². The first-order valence-electron chi connectivity index (χ1n) is 10.8. The van der Waals surface area contributed by atoms with E-state index in [2.05, 4.69) is 22.6 Å². The van der Waals surface area contributed by atoms with Crippen LogP contribution in [0.4, 0.5) is 0 Å². The third kappa shape index (κ3) is 6.20. The fourth-order valence-electron chi connectivity index (χ4n) is 3.66. The lowest BCUT2D eigenvalue weighted by Gasteiger charge is -2.18. The van der Waals surface area contributed by atoms with Gasteiger partial charge in [0.1, 0.15) is 10.9 Å². The van der Waals surface area contributed by atoms with E-state index in [0.29, 0.717) is 50.5 Å². The van der Waals surface area contributed by atoms with Gasteiger partial charge in [-0.2, -0.15) is 0 Å². The summed E-state index contributed by atoms with van der Waals surface area (Å²) in [6.45, 7) is 3.96. The number of halogens is 3. The van der Waals surface area contributed by atoms with Gasteiger partial charge in [-0.15, -0.1) is 0 Å². The number of ether oxygens (including phenoxy) is 3. The largest absolute Gasteiger partial charge is 0.490 e. The first-order valence-corrected chi connectivity index (χ1v) is 13.8. The molecule has 34 heavy (non-hydrogen) atoms. The first-order chi connectivity index (χ1) is 16.4. The zero-order valence-corrected chi connectivity index (χ0v) is 23.6. The summed E-state index contributed by atoms with van der Waals surface area (Å²) in [4.78, 5) is 15.2. The van der Waals surface area contributed by atoms with Gasteiger partial charge in [0, 0.05) is 6.61 Å². The van der Waals surface area contributed by atoms with Crippen molar-refractivity contribution in [3.05, 3.63) is 60.0 Å². The van der Waals surface area contributed by atoms with Crippen molar-refractivity contribution in [2.45, 2.75) is 32.5 Å². The van der Waals surface area contributed by atoms with Crippen LogP contribution >= 0.6 is 69.8 Å². The Bertz CT molecular complexity index is 1140. The number of carbonyl (C=O) groups excluding carboxylic acids is 1. The van der Waals surface area contributed by atoms with Gasteiger partial charge in [-0.1, -0.05) is 53.2 Å². The molecule has 2 aromatic carbocycles. The number of nitrogens with zero attached hydrogens (tertiary/aromatic N) is 1. The summed E-state index contributed by atoms with van der Waals surface area (Å²) in [5.41, 5.74) is 1.74. The number of thiocarbonyl (C=S) groups is 1. The molecule has 1 amide bonds. The topological polar surface area (TPSA) is 48.0 Å². The molecule has 2 fully saturated rings. The normalized spacial score (nSPS) is 19.4. The molecule has 0 N–H and O–H groups in total. The van der Waals surface area contributed by atoms with Crippen LogP contribution < -0.4 is 9.47 Å². The van der Waals surface area contributed by atoms with Gasteiger partial charge < -0.3 is 14.2 Å². The Morgan fingerprint density at radius 3 is 2.79 bits per heavy atom. The first kappa shape index (κ1) is 26.0. The molecule has 0 aliphatic carbocycles. The van der Waals surface area contributed by atoms with E-state index in [0.717, 1.165) is 34.1 Å². The highest BCUT2D eigenvalue weighted by Crippen LogP contribution is 2.38. The summed E-state index contributed by atoms with van der Waals surface area (Å²) < 4.78 is 19.1. The third-order valence-corrected chi connectivity index (χ3v) is 8.20. The lowest BCUT2D eigenvalue weighted by molar-refractivity contribution is -0.123. The lowest BCUT2D eigenvalue weighted by atomic mass is 10.1. The second kappa shape index (κ2) is 11.8. The van der Waals surface area contributed by atoms with Crippen LogP contribution in [-0.4, -0.2) is 41.0 Å². The maximum absolute atomic E-state index is 13.0. The summed E-state index contributed by atoms with van der Waals surface area (Å²) in [7, 11) is 0. The van der Waals surface area contributed by atoms with E-state index < -0.39 is 0 Å². The molecule has 0 saturated carbocycles. The van der Waals surface area contributed by atoms with E-state index in [9.17, 15) is 4.79 Å². The maximum Gasteiger partial charge on any atom is 0.266 e. The molecule has 10 heteroatoms. The Morgan fingerprint density at radius 2 is 2.09 bits per heavy atom. The molecule has 4 rings (SSSR count). The Hall–Kier alpha value is -1.04. The zero-order chi connectivity index (χ0) is 24.2. The van der Waals surface area contributed by atoms with Gasteiger partial charge in [0.2, 0.25) is 0 Å². The molecule has 0 spiro atoms. The number of rotatable bonds is 8. The van der Waals surface area contributed by atoms with Crippen LogP contribution in [0.1, 0.15) is 30.9 Å². The van der Waals surface area contributed by atoms with E-state index in [-0.39, 0.29) is 12.0 Å². The standard InChI is InChI=1S/C24H22Cl2INO4S2/c1-2-30-20-10-15(9-19(27)22(20)32-13-14-5-6-17(25)18(26)8-14)11-21-23(29)28(24(33)34-21)12-16-4-3-7-31-16/h5-6,8-11,16H,2-4,7,12-13H2,1H3/b21-11-/t16-/m1/s1. The molecule has 0 bridgehead atoms. The smallest absolute Gasteiger partial charge is 0.266 e. The SMILES string of the molecule is CCOc1cc(/C=C2\SC(=S)N(C[C@H]3CCCO3)C2=O)cc(I)c1OCc1ccc(Cl)c(Cl)c1. The second-order valence-corrected chi connectivity index (χ2v) is 11.4. The van der Waals surface area contributed by atoms with Crippen LogP contribution in [0, 0.1) is 3.57 Å². The average Bonchev–Trinajstić information content (AvgIpc) is 3.40. The number of carbonyl (C=O) groups is 1.